The van der Waals surface area contributed by atoms with Gasteiger partial charge in [-0.25, -0.2) is 4.98 Å². The van der Waals surface area contributed by atoms with E-state index < -0.39 is 0 Å². The highest BCUT2D eigenvalue weighted by molar-refractivity contribution is 5.58. The summed E-state index contributed by atoms with van der Waals surface area (Å²) in [6, 6.07) is 7.83. The Labute approximate surface area is 119 Å². The topological polar surface area (TPSA) is 59.1 Å². The highest BCUT2D eigenvalue weighted by atomic mass is 16.5. The molecule has 5 heteroatoms. The zero-order chi connectivity index (χ0) is 14.4. The lowest BCUT2D eigenvalue weighted by Crippen LogP contribution is -2.09. The fourth-order valence-corrected chi connectivity index (χ4v) is 1.66. The summed E-state index contributed by atoms with van der Waals surface area (Å²) in [7, 11) is 1.81. The van der Waals surface area contributed by atoms with Crippen LogP contribution in [0.5, 0.6) is 5.75 Å². The Hall–Kier alpha value is -2.30. The fraction of sp³-hybridized carbons (Fsp3) is 0.333. The molecule has 2 aromatic rings. The molecule has 1 aromatic carbocycles. The summed E-state index contributed by atoms with van der Waals surface area (Å²) in [5, 5.41) is 6.18. The van der Waals surface area contributed by atoms with Crippen LogP contribution < -0.4 is 15.4 Å². The Morgan fingerprint density at radius 2 is 2.05 bits per heavy atom. The van der Waals surface area contributed by atoms with E-state index in [9.17, 15) is 0 Å². The minimum atomic E-state index is 0.206. The summed E-state index contributed by atoms with van der Waals surface area (Å²) < 4.78 is 5.80. The van der Waals surface area contributed by atoms with E-state index in [0.717, 1.165) is 23.7 Å². The molecule has 106 valence electrons. The van der Waals surface area contributed by atoms with Crippen LogP contribution in [0.1, 0.15) is 20.3 Å². The predicted octanol–water partition coefficient (Wildman–Crippen LogP) is 3.44. The Morgan fingerprint density at radius 3 is 2.80 bits per heavy atom. The largest absolute Gasteiger partial charge is 0.491 e. The first-order chi connectivity index (χ1) is 9.71. The lowest BCUT2D eigenvalue weighted by Gasteiger charge is -2.14. The van der Waals surface area contributed by atoms with Gasteiger partial charge < -0.3 is 15.4 Å². The maximum absolute atomic E-state index is 5.80. The van der Waals surface area contributed by atoms with Crippen LogP contribution in [0.4, 0.5) is 17.3 Å². The lowest BCUT2D eigenvalue weighted by molar-refractivity contribution is 0.217. The standard InChI is InChI=1S/C15H20N4O/c1-4-11(2)20-13-7-5-6-12(8-13)18-15-10-17-9-14(16-3)19-15/h5-11H,4H2,1-3H3,(H2,16,18,19). The molecule has 0 saturated heterocycles. The molecule has 0 amide bonds. The van der Waals surface area contributed by atoms with Gasteiger partial charge in [0.15, 0.2) is 5.82 Å². The van der Waals surface area contributed by atoms with Crippen LogP contribution in [0.2, 0.25) is 0 Å². The number of nitrogens with zero attached hydrogens (tertiary/aromatic N) is 2. The van der Waals surface area contributed by atoms with E-state index >= 15 is 0 Å². The van der Waals surface area contributed by atoms with Crippen LogP contribution in [-0.2, 0) is 0 Å². The van der Waals surface area contributed by atoms with Gasteiger partial charge in [-0.15, -0.1) is 0 Å². The van der Waals surface area contributed by atoms with Crippen LogP contribution in [0.25, 0.3) is 0 Å². The average Bonchev–Trinajstić information content (AvgIpc) is 2.47. The van der Waals surface area contributed by atoms with Crippen molar-refractivity contribution >= 4 is 17.3 Å². The number of hydrogen-bond acceptors (Lipinski definition) is 5. The Balaban J connectivity index is 2.10. The molecule has 2 N–H and O–H groups in total. The van der Waals surface area contributed by atoms with E-state index in [1.54, 1.807) is 12.4 Å². The molecule has 0 aliphatic heterocycles. The van der Waals surface area contributed by atoms with Gasteiger partial charge in [0.05, 0.1) is 18.5 Å². The third-order valence-corrected chi connectivity index (χ3v) is 2.91. The fourth-order valence-electron chi connectivity index (χ4n) is 1.66. The molecule has 5 nitrogen and oxygen atoms in total. The molecule has 2 rings (SSSR count). The molecule has 1 aromatic heterocycles. The van der Waals surface area contributed by atoms with Gasteiger partial charge in [0.2, 0.25) is 0 Å². The van der Waals surface area contributed by atoms with Gasteiger partial charge in [-0.1, -0.05) is 13.0 Å². The third-order valence-electron chi connectivity index (χ3n) is 2.91. The van der Waals surface area contributed by atoms with Crippen LogP contribution in [0.3, 0.4) is 0 Å². The van der Waals surface area contributed by atoms with E-state index in [0.29, 0.717) is 5.82 Å². The monoisotopic (exact) mass is 272 g/mol. The van der Waals surface area contributed by atoms with Crippen molar-refractivity contribution in [3.05, 3.63) is 36.7 Å². The van der Waals surface area contributed by atoms with Crippen molar-refractivity contribution in [3.8, 4) is 5.75 Å². The SMILES string of the molecule is CCC(C)Oc1cccc(Nc2cncc(NC)n2)c1. The normalized spacial score (nSPS) is 11.8. The van der Waals surface area contributed by atoms with Crippen molar-refractivity contribution in [2.75, 3.05) is 17.7 Å². The molecule has 1 heterocycles. The third kappa shape index (κ3) is 3.85. The summed E-state index contributed by atoms with van der Waals surface area (Å²) >= 11 is 0. The molecule has 20 heavy (non-hydrogen) atoms. The first-order valence-electron chi connectivity index (χ1n) is 6.74. The Kier molecular flexibility index (Phi) is 4.76. The molecule has 0 radical (unpaired) electrons. The number of aromatic nitrogens is 2. The molecule has 0 aliphatic rings. The second-order valence-corrected chi connectivity index (χ2v) is 4.53. The van der Waals surface area contributed by atoms with Gasteiger partial charge in [0.1, 0.15) is 11.6 Å². The van der Waals surface area contributed by atoms with Crippen LogP contribution in [0.15, 0.2) is 36.7 Å². The van der Waals surface area contributed by atoms with Crippen molar-refractivity contribution in [3.63, 3.8) is 0 Å². The average molecular weight is 272 g/mol. The number of anilines is 3. The number of hydrogen-bond donors (Lipinski definition) is 2. The molecule has 0 aliphatic carbocycles. The number of ether oxygens (including phenoxy) is 1. The van der Waals surface area contributed by atoms with Crippen LogP contribution in [0, 0.1) is 0 Å². The van der Waals surface area contributed by atoms with E-state index in [4.69, 9.17) is 4.74 Å². The van der Waals surface area contributed by atoms with Crippen molar-refractivity contribution in [1.82, 2.24) is 9.97 Å². The lowest BCUT2D eigenvalue weighted by atomic mass is 10.2. The molecule has 0 spiro atoms. The minimum absolute atomic E-state index is 0.206. The first kappa shape index (κ1) is 14.1. The second kappa shape index (κ2) is 6.75. The maximum atomic E-state index is 5.80. The number of nitrogens with one attached hydrogen (secondary N) is 2. The van der Waals surface area contributed by atoms with Crippen LogP contribution in [-0.4, -0.2) is 23.1 Å². The predicted molar refractivity (Wildman–Crippen MR) is 81.7 cm³/mol. The van der Waals surface area contributed by atoms with Gasteiger partial charge in [0, 0.05) is 18.8 Å². The Morgan fingerprint density at radius 1 is 1.25 bits per heavy atom. The van der Waals surface area contributed by atoms with Crippen molar-refractivity contribution in [2.45, 2.75) is 26.4 Å². The summed E-state index contributed by atoms with van der Waals surface area (Å²) in [4.78, 5) is 8.48. The summed E-state index contributed by atoms with van der Waals surface area (Å²) in [5.41, 5.74) is 0.924. The van der Waals surface area contributed by atoms with Gasteiger partial charge in [-0.3, -0.25) is 4.98 Å². The minimum Gasteiger partial charge on any atom is -0.491 e. The molecule has 1 atom stereocenters. The highest BCUT2D eigenvalue weighted by Crippen LogP contribution is 2.22. The van der Waals surface area contributed by atoms with E-state index in [2.05, 4.69) is 34.4 Å². The molecule has 1 unspecified atom stereocenters. The van der Waals surface area contributed by atoms with Crippen LogP contribution >= 0.6 is 0 Å². The number of benzene rings is 1. The zero-order valence-electron chi connectivity index (χ0n) is 12.1. The second-order valence-electron chi connectivity index (χ2n) is 4.53. The van der Waals surface area contributed by atoms with Gasteiger partial charge in [-0.2, -0.15) is 0 Å². The van der Waals surface area contributed by atoms with Crippen molar-refractivity contribution < 1.29 is 4.74 Å². The first-order valence-corrected chi connectivity index (χ1v) is 6.74. The zero-order valence-corrected chi connectivity index (χ0v) is 12.1. The molecule has 0 fully saturated rings. The highest BCUT2D eigenvalue weighted by Gasteiger charge is 2.03. The van der Waals surface area contributed by atoms with Gasteiger partial charge in [0.25, 0.3) is 0 Å². The number of rotatable bonds is 6. The van der Waals surface area contributed by atoms with E-state index in [1.165, 1.54) is 0 Å². The van der Waals surface area contributed by atoms with Crippen molar-refractivity contribution in [1.29, 1.82) is 0 Å². The smallest absolute Gasteiger partial charge is 0.151 e. The van der Waals surface area contributed by atoms with Gasteiger partial charge >= 0.3 is 0 Å². The molecular weight excluding hydrogens is 252 g/mol. The molecular formula is C15H20N4O. The van der Waals surface area contributed by atoms with E-state index in [-0.39, 0.29) is 6.10 Å². The van der Waals surface area contributed by atoms with Gasteiger partial charge in [-0.05, 0) is 25.5 Å². The summed E-state index contributed by atoms with van der Waals surface area (Å²) in [6.07, 6.45) is 4.54. The summed E-state index contributed by atoms with van der Waals surface area (Å²) in [6.45, 7) is 4.16. The maximum Gasteiger partial charge on any atom is 0.151 e. The Bertz CT molecular complexity index is 559. The van der Waals surface area contributed by atoms with Crippen molar-refractivity contribution in [2.24, 2.45) is 0 Å². The quantitative estimate of drug-likeness (QED) is 0.843. The van der Waals surface area contributed by atoms with E-state index in [1.807, 2.05) is 31.3 Å². The molecule has 0 saturated carbocycles. The summed E-state index contributed by atoms with van der Waals surface area (Å²) in [5.74, 6) is 2.27. The molecule has 0 bridgehead atoms.